The smallest absolute Gasteiger partial charge is 0.243 e. The fourth-order valence-corrected chi connectivity index (χ4v) is 3.56. The number of hydrogen-bond donors (Lipinski definition) is 1. The van der Waals surface area contributed by atoms with Crippen molar-refractivity contribution in [1.29, 1.82) is 0 Å². The summed E-state index contributed by atoms with van der Waals surface area (Å²) >= 11 is 0. The molecule has 0 unspecified atom stereocenters. The van der Waals surface area contributed by atoms with Gasteiger partial charge in [0.2, 0.25) is 5.91 Å². The highest BCUT2D eigenvalue weighted by molar-refractivity contribution is 5.83. The first-order chi connectivity index (χ1) is 13.2. The van der Waals surface area contributed by atoms with Gasteiger partial charge in [0, 0.05) is 57.9 Å². The zero-order valence-electron chi connectivity index (χ0n) is 15.2. The maximum Gasteiger partial charge on any atom is 0.243 e. The lowest BCUT2D eigenvalue weighted by atomic mass is 10.0. The van der Waals surface area contributed by atoms with Crippen LogP contribution in [0.3, 0.4) is 0 Å². The van der Waals surface area contributed by atoms with Gasteiger partial charge in [0.05, 0.1) is 17.7 Å². The molecular weight excluding hydrogens is 340 g/mol. The summed E-state index contributed by atoms with van der Waals surface area (Å²) in [5, 5.41) is 3.07. The van der Waals surface area contributed by atoms with Crippen LogP contribution in [0.15, 0.2) is 55.4 Å². The topological polar surface area (TPSA) is 75.9 Å². The summed E-state index contributed by atoms with van der Waals surface area (Å²) in [5.41, 5.74) is 4.04. The van der Waals surface area contributed by atoms with E-state index in [2.05, 4.69) is 25.2 Å². The van der Waals surface area contributed by atoms with Crippen LogP contribution in [0.25, 0.3) is 0 Å². The maximum atomic E-state index is 13.2. The van der Waals surface area contributed by atoms with Crippen LogP contribution < -0.4 is 5.32 Å². The number of imidazole rings is 1. The Bertz CT molecular complexity index is 909. The van der Waals surface area contributed by atoms with E-state index in [0.29, 0.717) is 13.1 Å². The molecule has 0 saturated heterocycles. The molecule has 1 amide bonds. The third-order valence-corrected chi connectivity index (χ3v) is 4.87. The number of aryl methyl sites for hydroxylation is 1. The molecule has 7 heteroatoms. The van der Waals surface area contributed by atoms with Gasteiger partial charge in [-0.2, -0.15) is 0 Å². The zero-order valence-corrected chi connectivity index (χ0v) is 15.2. The number of rotatable bonds is 5. The Kier molecular flexibility index (Phi) is 4.93. The van der Waals surface area contributed by atoms with E-state index >= 15 is 0 Å². The van der Waals surface area contributed by atoms with Gasteiger partial charge in [0.25, 0.3) is 0 Å². The first-order valence-electron chi connectivity index (χ1n) is 9.02. The molecule has 0 bridgehead atoms. The molecule has 1 aliphatic heterocycles. The summed E-state index contributed by atoms with van der Waals surface area (Å²) in [7, 11) is 1.95. The Labute approximate surface area is 158 Å². The lowest BCUT2D eigenvalue weighted by Crippen LogP contribution is -2.44. The van der Waals surface area contributed by atoms with E-state index in [1.165, 1.54) is 0 Å². The maximum absolute atomic E-state index is 13.2. The molecule has 0 fully saturated rings. The average Bonchev–Trinajstić information content (AvgIpc) is 3.09. The van der Waals surface area contributed by atoms with Crippen molar-refractivity contribution in [2.75, 3.05) is 6.54 Å². The van der Waals surface area contributed by atoms with Crippen LogP contribution in [0.2, 0.25) is 0 Å². The summed E-state index contributed by atoms with van der Waals surface area (Å²) in [6, 6.07) is 7.41. The predicted molar refractivity (Wildman–Crippen MR) is 100 cm³/mol. The summed E-state index contributed by atoms with van der Waals surface area (Å²) in [5.74, 6) is -0.0210. The molecule has 0 saturated carbocycles. The second-order valence-corrected chi connectivity index (χ2v) is 6.75. The summed E-state index contributed by atoms with van der Waals surface area (Å²) in [4.78, 5) is 28.1. The van der Waals surface area contributed by atoms with Gasteiger partial charge < -0.3 is 9.88 Å². The van der Waals surface area contributed by atoms with Crippen molar-refractivity contribution in [3.8, 4) is 0 Å². The van der Waals surface area contributed by atoms with Crippen LogP contribution in [0.1, 0.15) is 28.6 Å². The number of fused-ring (bicyclic) bond motifs is 1. The number of nitrogens with zero attached hydrogens (tertiary/aromatic N) is 5. The molecule has 1 aliphatic rings. The number of pyridine rings is 2. The highest BCUT2D eigenvalue weighted by Gasteiger charge is 2.35. The van der Waals surface area contributed by atoms with Gasteiger partial charge in [-0.25, -0.2) is 4.98 Å². The monoisotopic (exact) mass is 362 g/mol. The molecule has 4 heterocycles. The second-order valence-electron chi connectivity index (χ2n) is 6.75. The van der Waals surface area contributed by atoms with E-state index < -0.39 is 0 Å². The number of aromatic nitrogens is 4. The van der Waals surface area contributed by atoms with Crippen molar-refractivity contribution in [1.82, 2.24) is 29.7 Å². The van der Waals surface area contributed by atoms with Gasteiger partial charge in [-0.3, -0.25) is 19.7 Å². The van der Waals surface area contributed by atoms with Crippen molar-refractivity contribution in [3.63, 3.8) is 0 Å². The van der Waals surface area contributed by atoms with Gasteiger partial charge in [-0.05, 0) is 23.3 Å². The number of hydrogen-bond acceptors (Lipinski definition) is 5. The normalized spacial score (nSPS) is 16.7. The van der Waals surface area contributed by atoms with Gasteiger partial charge >= 0.3 is 0 Å². The van der Waals surface area contributed by atoms with E-state index in [1.54, 1.807) is 24.9 Å². The third-order valence-electron chi connectivity index (χ3n) is 4.87. The quantitative estimate of drug-likeness (QED) is 0.747. The lowest BCUT2D eigenvalue weighted by molar-refractivity contribution is -0.127. The number of nitrogens with one attached hydrogen (secondary N) is 1. The number of amides is 1. The van der Waals surface area contributed by atoms with Crippen molar-refractivity contribution in [2.45, 2.75) is 25.6 Å². The molecule has 3 aromatic rings. The average molecular weight is 362 g/mol. The van der Waals surface area contributed by atoms with Gasteiger partial charge in [0.1, 0.15) is 6.04 Å². The molecule has 4 rings (SSSR count). The summed E-state index contributed by atoms with van der Waals surface area (Å²) < 4.78 is 1.96. The van der Waals surface area contributed by atoms with Crippen molar-refractivity contribution < 1.29 is 4.79 Å². The van der Waals surface area contributed by atoms with Crippen LogP contribution in [0, 0.1) is 0 Å². The van der Waals surface area contributed by atoms with E-state index in [9.17, 15) is 4.79 Å². The molecule has 0 aromatic carbocycles. The molecule has 138 valence electrons. The molecule has 27 heavy (non-hydrogen) atoms. The van der Waals surface area contributed by atoms with Crippen molar-refractivity contribution in [3.05, 3.63) is 77.9 Å². The van der Waals surface area contributed by atoms with E-state index in [1.807, 2.05) is 42.1 Å². The first kappa shape index (κ1) is 17.4. The van der Waals surface area contributed by atoms with Crippen LogP contribution in [-0.2, 0) is 31.4 Å². The molecule has 0 radical (unpaired) electrons. The number of carbonyl (C=O) groups excluding carboxylic acids is 1. The molecule has 3 aromatic heterocycles. The minimum Gasteiger partial charge on any atom is -0.350 e. The van der Waals surface area contributed by atoms with Crippen LogP contribution in [-0.4, -0.2) is 36.9 Å². The Morgan fingerprint density at radius 3 is 2.63 bits per heavy atom. The van der Waals surface area contributed by atoms with Crippen LogP contribution >= 0.6 is 0 Å². The largest absolute Gasteiger partial charge is 0.350 e. The SMILES string of the molecule is Cn1cnc2c1[C@@H](C(=O)NCc1cccnc1)N(Cc1cccnc1)CC2. The molecule has 0 spiro atoms. The van der Waals surface area contributed by atoms with Crippen LogP contribution in [0.5, 0.6) is 0 Å². The summed E-state index contributed by atoms with van der Waals surface area (Å²) in [6.45, 7) is 1.91. The highest BCUT2D eigenvalue weighted by Crippen LogP contribution is 2.30. The first-order valence-corrected chi connectivity index (χ1v) is 9.02. The Hall–Kier alpha value is -3.06. The predicted octanol–water partition coefficient (Wildman–Crippen LogP) is 1.63. The molecular formula is C20H22N6O. The van der Waals surface area contributed by atoms with Gasteiger partial charge in [0.15, 0.2) is 0 Å². The molecule has 1 N–H and O–H groups in total. The van der Waals surface area contributed by atoms with E-state index in [4.69, 9.17) is 0 Å². The Balaban J connectivity index is 1.57. The lowest BCUT2D eigenvalue weighted by Gasteiger charge is -2.35. The Morgan fingerprint density at radius 1 is 1.19 bits per heavy atom. The Morgan fingerprint density at radius 2 is 1.93 bits per heavy atom. The van der Waals surface area contributed by atoms with E-state index in [-0.39, 0.29) is 11.9 Å². The fraction of sp³-hybridized carbons (Fsp3) is 0.300. The minimum atomic E-state index is -0.377. The van der Waals surface area contributed by atoms with Crippen molar-refractivity contribution in [2.24, 2.45) is 7.05 Å². The third kappa shape index (κ3) is 3.73. The van der Waals surface area contributed by atoms with Crippen molar-refractivity contribution >= 4 is 5.91 Å². The molecule has 7 nitrogen and oxygen atoms in total. The molecule has 1 atom stereocenters. The van der Waals surface area contributed by atoms with Crippen LogP contribution in [0.4, 0.5) is 0 Å². The zero-order chi connectivity index (χ0) is 18.6. The van der Waals surface area contributed by atoms with Gasteiger partial charge in [-0.15, -0.1) is 0 Å². The standard InChI is InChI=1S/C20H22N6O/c1-25-14-24-17-6-9-26(13-16-5-3-8-22-11-16)19(18(17)25)20(27)23-12-15-4-2-7-21-10-15/h2-5,7-8,10-11,14,19H,6,9,12-13H2,1H3,(H,23,27)/t19-/m0/s1. The number of carbonyl (C=O) groups is 1. The molecule has 0 aliphatic carbocycles. The highest BCUT2D eigenvalue weighted by atomic mass is 16.2. The van der Waals surface area contributed by atoms with E-state index in [0.717, 1.165) is 35.5 Å². The fourth-order valence-electron chi connectivity index (χ4n) is 3.56. The summed E-state index contributed by atoms with van der Waals surface area (Å²) in [6.07, 6.45) is 9.73. The minimum absolute atomic E-state index is 0.0210. The second kappa shape index (κ2) is 7.67. The van der Waals surface area contributed by atoms with Gasteiger partial charge in [-0.1, -0.05) is 12.1 Å².